The number of nitrogens with zero attached hydrogens (tertiary/aromatic N) is 6. The summed E-state index contributed by atoms with van der Waals surface area (Å²) >= 11 is 0. The van der Waals surface area contributed by atoms with E-state index in [1.54, 1.807) is 6.33 Å². The number of ether oxygens (including phenoxy) is 2. The third kappa shape index (κ3) is 5.38. The van der Waals surface area contributed by atoms with E-state index in [2.05, 4.69) is 26.0 Å². The second kappa shape index (κ2) is 11.1. The van der Waals surface area contributed by atoms with Gasteiger partial charge in [0.05, 0.1) is 37.8 Å². The summed E-state index contributed by atoms with van der Waals surface area (Å²) in [5.41, 5.74) is 1.87. The van der Waals surface area contributed by atoms with Crippen molar-refractivity contribution in [3.8, 4) is 5.75 Å². The molecule has 1 aromatic carbocycles. The lowest BCUT2D eigenvalue weighted by atomic mass is 9.81. The van der Waals surface area contributed by atoms with Gasteiger partial charge < -0.3 is 19.3 Å². The Balaban J connectivity index is 1.22. The normalized spacial score (nSPS) is 20.2. The van der Waals surface area contributed by atoms with E-state index in [0.29, 0.717) is 39.3 Å². The third-order valence-electron chi connectivity index (χ3n) is 7.46. The Bertz CT molecular complexity index is 1240. The highest BCUT2D eigenvalue weighted by molar-refractivity contribution is 5.87. The van der Waals surface area contributed by atoms with Gasteiger partial charge >= 0.3 is 5.97 Å². The molecule has 1 saturated carbocycles. The van der Waals surface area contributed by atoms with Gasteiger partial charge in [-0.25, -0.2) is 14.6 Å². The molecule has 10 nitrogen and oxygen atoms in total. The predicted octanol–water partition coefficient (Wildman–Crippen LogP) is 2.90. The number of hydrogen-bond acceptors (Lipinski definition) is 8. The van der Waals surface area contributed by atoms with E-state index >= 15 is 0 Å². The maximum absolute atomic E-state index is 13.1. The number of rotatable bonds is 7. The first-order chi connectivity index (χ1) is 18.1. The highest BCUT2D eigenvalue weighted by atomic mass is 16.5. The Morgan fingerprint density at radius 2 is 1.78 bits per heavy atom. The van der Waals surface area contributed by atoms with Crippen LogP contribution in [-0.4, -0.2) is 76.4 Å². The Morgan fingerprint density at radius 3 is 2.51 bits per heavy atom. The molecule has 2 fully saturated rings. The molecule has 3 aromatic rings. The average Bonchev–Trinajstić information content (AvgIpc) is 3.35. The maximum atomic E-state index is 13.1. The summed E-state index contributed by atoms with van der Waals surface area (Å²) in [5.74, 6) is 1.68. The number of fused-ring (bicyclic) bond motifs is 1. The maximum Gasteiger partial charge on any atom is 0.308 e. The molecule has 0 N–H and O–H groups in total. The molecule has 37 heavy (non-hydrogen) atoms. The van der Waals surface area contributed by atoms with Gasteiger partial charge in [-0.1, -0.05) is 12.1 Å². The van der Waals surface area contributed by atoms with Crippen molar-refractivity contribution in [2.24, 2.45) is 11.8 Å². The molecular formula is C27H34N6O4. The zero-order chi connectivity index (χ0) is 25.8. The highest BCUT2D eigenvalue weighted by Gasteiger charge is 2.34. The fourth-order valence-electron chi connectivity index (χ4n) is 5.46. The molecule has 0 spiro atoms. The zero-order valence-electron chi connectivity index (χ0n) is 21.5. The summed E-state index contributed by atoms with van der Waals surface area (Å²) in [6.07, 6.45) is 6.36. The van der Waals surface area contributed by atoms with Gasteiger partial charge in [0.15, 0.2) is 5.65 Å². The minimum atomic E-state index is -0.155. The van der Waals surface area contributed by atoms with Crippen LogP contribution in [0.1, 0.15) is 38.2 Å². The van der Waals surface area contributed by atoms with Gasteiger partial charge in [-0.15, -0.1) is 0 Å². The molecule has 1 amide bonds. The molecule has 1 aliphatic heterocycles. The molecular weight excluding hydrogens is 472 g/mol. The zero-order valence-corrected chi connectivity index (χ0v) is 21.5. The lowest BCUT2D eigenvalue weighted by molar-refractivity contribution is -0.148. The van der Waals surface area contributed by atoms with Crippen LogP contribution < -0.4 is 9.64 Å². The van der Waals surface area contributed by atoms with Gasteiger partial charge in [-0.05, 0) is 50.3 Å². The van der Waals surface area contributed by atoms with Crippen molar-refractivity contribution >= 4 is 28.7 Å². The van der Waals surface area contributed by atoms with Crippen LogP contribution in [0.2, 0.25) is 0 Å². The third-order valence-corrected chi connectivity index (χ3v) is 7.46. The monoisotopic (exact) mass is 506 g/mol. The number of esters is 1. The van der Waals surface area contributed by atoms with Crippen LogP contribution in [0.3, 0.4) is 0 Å². The molecule has 1 aliphatic carbocycles. The number of benzene rings is 1. The lowest BCUT2D eigenvalue weighted by Gasteiger charge is -2.38. The van der Waals surface area contributed by atoms with Crippen molar-refractivity contribution in [3.63, 3.8) is 0 Å². The number of amides is 1. The Kier molecular flexibility index (Phi) is 7.52. The van der Waals surface area contributed by atoms with Crippen LogP contribution in [-0.2, 0) is 20.9 Å². The van der Waals surface area contributed by atoms with Gasteiger partial charge in [0.2, 0.25) is 5.91 Å². The van der Waals surface area contributed by atoms with Crippen LogP contribution in [0.25, 0.3) is 11.0 Å². The fraction of sp³-hybridized carbons (Fsp3) is 0.519. The number of anilines is 1. The van der Waals surface area contributed by atoms with E-state index in [1.165, 1.54) is 7.11 Å². The van der Waals surface area contributed by atoms with Crippen LogP contribution in [0.4, 0.5) is 5.82 Å². The summed E-state index contributed by atoms with van der Waals surface area (Å²) < 4.78 is 12.4. The first kappa shape index (κ1) is 25.0. The molecule has 0 atom stereocenters. The molecule has 1 saturated heterocycles. The van der Waals surface area contributed by atoms with Crippen molar-refractivity contribution in [1.29, 1.82) is 0 Å². The standard InChI is InChI=1S/C27H34N6O4/c1-3-37-22-6-4-5-19(15-22)17-33-25-23(16-30-33)24(28-18-29-25)31-11-13-32(14-12-31)26(34)20-7-9-21(10-8-20)27(35)36-2/h4-6,15-16,18,20-21H,3,7-14,17H2,1-2H3. The van der Waals surface area contributed by atoms with Gasteiger partial charge in [0.25, 0.3) is 0 Å². The van der Waals surface area contributed by atoms with Crippen molar-refractivity contribution < 1.29 is 19.1 Å². The van der Waals surface area contributed by atoms with E-state index < -0.39 is 0 Å². The first-order valence-electron chi connectivity index (χ1n) is 13.1. The smallest absolute Gasteiger partial charge is 0.308 e. The SMILES string of the molecule is CCOc1cccc(Cn2ncc3c(N4CCN(C(=O)C5CCC(C(=O)OC)CC5)CC4)ncnc32)c1. The van der Waals surface area contributed by atoms with Crippen molar-refractivity contribution in [2.45, 2.75) is 39.2 Å². The number of piperazine rings is 1. The summed E-state index contributed by atoms with van der Waals surface area (Å²) in [6.45, 7) is 5.90. The van der Waals surface area contributed by atoms with Gasteiger partial charge in [0, 0.05) is 32.1 Å². The first-order valence-corrected chi connectivity index (χ1v) is 13.1. The minimum absolute atomic E-state index is 0.00215. The van der Waals surface area contributed by atoms with E-state index in [9.17, 15) is 9.59 Å². The predicted molar refractivity (Wildman–Crippen MR) is 138 cm³/mol. The van der Waals surface area contributed by atoms with Crippen LogP contribution in [0, 0.1) is 11.8 Å². The number of carbonyl (C=O) groups is 2. The van der Waals surface area contributed by atoms with Gasteiger partial charge in [0.1, 0.15) is 17.9 Å². The number of carbonyl (C=O) groups excluding carboxylic acids is 2. The van der Waals surface area contributed by atoms with Crippen LogP contribution >= 0.6 is 0 Å². The number of aromatic nitrogens is 4. The molecule has 0 unspecified atom stereocenters. The van der Waals surface area contributed by atoms with Crippen molar-refractivity contribution in [1.82, 2.24) is 24.6 Å². The van der Waals surface area contributed by atoms with Crippen molar-refractivity contribution in [3.05, 3.63) is 42.4 Å². The Hall–Kier alpha value is -3.69. The van der Waals surface area contributed by atoms with Gasteiger partial charge in [-0.2, -0.15) is 5.10 Å². The fourth-order valence-corrected chi connectivity index (χ4v) is 5.46. The molecule has 196 valence electrons. The summed E-state index contributed by atoms with van der Waals surface area (Å²) in [6, 6.07) is 8.01. The minimum Gasteiger partial charge on any atom is -0.494 e. The summed E-state index contributed by atoms with van der Waals surface area (Å²) in [5, 5.41) is 5.51. The van der Waals surface area contributed by atoms with Crippen molar-refractivity contribution in [2.75, 3.05) is 44.8 Å². The van der Waals surface area contributed by atoms with E-state index in [1.807, 2.05) is 40.9 Å². The summed E-state index contributed by atoms with van der Waals surface area (Å²) in [4.78, 5) is 38.2. The quantitative estimate of drug-likeness (QED) is 0.451. The second-order valence-corrected chi connectivity index (χ2v) is 9.70. The van der Waals surface area contributed by atoms with E-state index in [-0.39, 0.29) is 23.7 Å². The highest BCUT2D eigenvalue weighted by Crippen LogP contribution is 2.31. The molecule has 2 aliphatic rings. The molecule has 2 aromatic heterocycles. The Labute approximate surface area is 216 Å². The largest absolute Gasteiger partial charge is 0.494 e. The average molecular weight is 507 g/mol. The second-order valence-electron chi connectivity index (χ2n) is 9.70. The van der Waals surface area contributed by atoms with Crippen LogP contribution in [0.5, 0.6) is 5.75 Å². The number of methoxy groups -OCH3 is 1. The van der Waals surface area contributed by atoms with E-state index in [4.69, 9.17) is 9.47 Å². The molecule has 0 radical (unpaired) electrons. The molecule has 0 bridgehead atoms. The van der Waals surface area contributed by atoms with Gasteiger partial charge in [-0.3, -0.25) is 9.59 Å². The summed E-state index contributed by atoms with van der Waals surface area (Å²) in [7, 11) is 1.43. The van der Waals surface area contributed by atoms with E-state index in [0.717, 1.165) is 53.8 Å². The number of hydrogen-bond donors (Lipinski definition) is 0. The lowest BCUT2D eigenvalue weighted by Crippen LogP contribution is -2.51. The molecule has 10 heteroatoms. The topological polar surface area (TPSA) is 103 Å². The molecule has 5 rings (SSSR count). The Morgan fingerprint density at radius 1 is 1.03 bits per heavy atom. The van der Waals surface area contributed by atoms with Crippen LogP contribution in [0.15, 0.2) is 36.8 Å². The molecule has 3 heterocycles.